The molecule has 3 aromatic rings. The van der Waals surface area contributed by atoms with Gasteiger partial charge in [-0.3, -0.25) is 4.79 Å². The van der Waals surface area contributed by atoms with Crippen molar-refractivity contribution in [3.63, 3.8) is 0 Å². The maximum absolute atomic E-state index is 12.2. The van der Waals surface area contributed by atoms with Crippen LogP contribution in [0.1, 0.15) is 15.2 Å². The third kappa shape index (κ3) is 3.85. The van der Waals surface area contributed by atoms with Crippen LogP contribution in [-0.4, -0.2) is 15.9 Å². The highest BCUT2D eigenvalue weighted by molar-refractivity contribution is 7.17. The average Bonchev–Trinajstić information content (AvgIpc) is 3.04. The number of nitrogens with zero attached hydrogens (tertiary/aromatic N) is 2. The summed E-state index contributed by atoms with van der Waals surface area (Å²) in [5.74, 6) is 0.0860. The first-order chi connectivity index (χ1) is 11.1. The van der Waals surface area contributed by atoms with Gasteiger partial charge >= 0.3 is 0 Å². The highest BCUT2D eigenvalue weighted by atomic mass is 35.5. The van der Waals surface area contributed by atoms with E-state index in [9.17, 15) is 4.79 Å². The molecule has 0 radical (unpaired) electrons. The molecule has 0 saturated heterocycles. The van der Waals surface area contributed by atoms with E-state index in [4.69, 9.17) is 17.3 Å². The predicted octanol–water partition coefficient (Wildman–Crippen LogP) is 3.37. The first-order valence-corrected chi connectivity index (χ1v) is 8.02. The van der Waals surface area contributed by atoms with Crippen molar-refractivity contribution in [2.45, 2.75) is 6.54 Å². The summed E-state index contributed by atoms with van der Waals surface area (Å²) in [4.78, 5) is 21.7. The molecule has 0 unspecified atom stereocenters. The zero-order chi connectivity index (χ0) is 16.2. The first kappa shape index (κ1) is 15.5. The van der Waals surface area contributed by atoms with Crippen molar-refractivity contribution in [3.8, 4) is 10.6 Å². The highest BCUT2D eigenvalue weighted by Gasteiger charge is 2.11. The van der Waals surface area contributed by atoms with Gasteiger partial charge in [-0.2, -0.15) is 0 Å². The Hall–Kier alpha value is -2.44. The van der Waals surface area contributed by atoms with Gasteiger partial charge in [-0.05, 0) is 35.9 Å². The Morgan fingerprint density at radius 2 is 1.96 bits per heavy atom. The lowest BCUT2D eigenvalue weighted by molar-refractivity contribution is 0.0955. The number of amides is 1. The second kappa shape index (κ2) is 6.76. The van der Waals surface area contributed by atoms with E-state index in [-0.39, 0.29) is 11.9 Å². The summed E-state index contributed by atoms with van der Waals surface area (Å²) in [6.07, 6.45) is 1.59. The fourth-order valence-corrected chi connectivity index (χ4v) is 3.00. The number of thiophene rings is 1. The lowest BCUT2D eigenvalue weighted by Gasteiger charge is -2.04. The van der Waals surface area contributed by atoms with Crippen LogP contribution in [0.25, 0.3) is 10.6 Å². The highest BCUT2D eigenvalue weighted by Crippen LogP contribution is 2.26. The van der Waals surface area contributed by atoms with Gasteiger partial charge in [-0.15, -0.1) is 11.3 Å². The molecule has 23 heavy (non-hydrogen) atoms. The number of halogens is 1. The minimum atomic E-state index is -0.127. The number of nitrogens with one attached hydrogen (secondary N) is 1. The van der Waals surface area contributed by atoms with Gasteiger partial charge in [0.2, 0.25) is 5.95 Å². The molecule has 1 amide bonds. The number of hydrogen-bond donors (Lipinski definition) is 2. The largest absolute Gasteiger partial charge is 0.368 e. The third-order valence-electron chi connectivity index (χ3n) is 3.12. The molecule has 0 fully saturated rings. The van der Waals surface area contributed by atoms with Gasteiger partial charge in [-0.25, -0.2) is 9.97 Å². The number of hydrogen-bond acceptors (Lipinski definition) is 5. The quantitative estimate of drug-likeness (QED) is 0.760. The predicted molar refractivity (Wildman–Crippen MR) is 92.4 cm³/mol. The normalized spacial score (nSPS) is 10.5. The maximum atomic E-state index is 12.2. The molecular formula is C16H13ClN4OS. The molecule has 5 nitrogen and oxygen atoms in total. The summed E-state index contributed by atoms with van der Waals surface area (Å²) in [6, 6.07) is 12.7. The van der Waals surface area contributed by atoms with Gasteiger partial charge in [-0.1, -0.05) is 23.7 Å². The van der Waals surface area contributed by atoms with Crippen molar-refractivity contribution in [1.29, 1.82) is 0 Å². The van der Waals surface area contributed by atoms with Crippen LogP contribution in [0.2, 0.25) is 5.02 Å². The number of anilines is 1. The number of aromatic nitrogens is 2. The minimum Gasteiger partial charge on any atom is -0.368 e. The standard InChI is InChI=1S/C16H13ClN4OS/c17-11-3-1-10(2-4-11)9-20-15(22)14-6-5-13(23-14)12-7-8-19-16(18)21-12/h1-8H,9H2,(H,20,22)(H2,18,19,21). The molecule has 0 atom stereocenters. The molecule has 7 heteroatoms. The molecular weight excluding hydrogens is 332 g/mol. The van der Waals surface area contributed by atoms with E-state index < -0.39 is 0 Å². The molecule has 3 rings (SSSR count). The zero-order valence-corrected chi connectivity index (χ0v) is 13.6. The van der Waals surface area contributed by atoms with E-state index in [1.165, 1.54) is 11.3 Å². The fraction of sp³-hybridized carbons (Fsp3) is 0.0625. The maximum Gasteiger partial charge on any atom is 0.261 e. The Labute approximate surface area is 142 Å². The lowest BCUT2D eigenvalue weighted by atomic mass is 10.2. The molecule has 2 heterocycles. The number of carbonyl (C=O) groups excluding carboxylic acids is 1. The summed E-state index contributed by atoms with van der Waals surface area (Å²) in [7, 11) is 0. The van der Waals surface area contributed by atoms with Crippen LogP contribution in [0.3, 0.4) is 0 Å². The zero-order valence-electron chi connectivity index (χ0n) is 12.0. The molecule has 116 valence electrons. The fourth-order valence-electron chi connectivity index (χ4n) is 1.98. The SMILES string of the molecule is Nc1nccc(-c2ccc(C(=O)NCc3ccc(Cl)cc3)s2)n1. The van der Waals surface area contributed by atoms with Crippen LogP contribution in [-0.2, 0) is 6.54 Å². The van der Waals surface area contributed by atoms with Crippen molar-refractivity contribution < 1.29 is 4.79 Å². The van der Waals surface area contributed by atoms with E-state index in [2.05, 4.69) is 15.3 Å². The Balaban J connectivity index is 1.67. The van der Waals surface area contributed by atoms with Crippen molar-refractivity contribution in [3.05, 3.63) is 64.1 Å². The van der Waals surface area contributed by atoms with Crippen molar-refractivity contribution >= 4 is 34.8 Å². The van der Waals surface area contributed by atoms with Gasteiger partial charge in [0.25, 0.3) is 5.91 Å². The van der Waals surface area contributed by atoms with Crippen LogP contribution in [0.4, 0.5) is 5.95 Å². The van der Waals surface area contributed by atoms with Crippen LogP contribution in [0.15, 0.2) is 48.7 Å². The average molecular weight is 345 g/mol. The molecule has 0 aliphatic rings. The van der Waals surface area contributed by atoms with Crippen LogP contribution in [0, 0.1) is 0 Å². The minimum absolute atomic E-state index is 0.127. The Bertz CT molecular complexity index is 832. The number of nitrogen functional groups attached to an aromatic ring is 1. The van der Waals surface area contributed by atoms with Crippen molar-refractivity contribution in [1.82, 2.24) is 15.3 Å². The second-order valence-corrected chi connectivity index (χ2v) is 6.29. The van der Waals surface area contributed by atoms with Gasteiger partial charge in [0.1, 0.15) is 0 Å². The van der Waals surface area contributed by atoms with Gasteiger partial charge in [0, 0.05) is 17.8 Å². The molecule has 1 aromatic carbocycles. The van der Waals surface area contributed by atoms with Crippen LogP contribution in [0.5, 0.6) is 0 Å². The Morgan fingerprint density at radius 1 is 1.17 bits per heavy atom. The topological polar surface area (TPSA) is 80.9 Å². The Morgan fingerprint density at radius 3 is 2.70 bits per heavy atom. The molecule has 0 saturated carbocycles. The van der Waals surface area contributed by atoms with E-state index in [0.29, 0.717) is 22.1 Å². The van der Waals surface area contributed by atoms with Gasteiger partial charge < -0.3 is 11.1 Å². The number of carbonyl (C=O) groups is 1. The van der Waals surface area contributed by atoms with Crippen molar-refractivity contribution in [2.24, 2.45) is 0 Å². The second-order valence-electron chi connectivity index (χ2n) is 4.77. The van der Waals surface area contributed by atoms with Gasteiger partial charge in [0.05, 0.1) is 15.4 Å². The molecule has 3 N–H and O–H groups in total. The summed E-state index contributed by atoms with van der Waals surface area (Å²) in [5, 5.41) is 3.56. The summed E-state index contributed by atoms with van der Waals surface area (Å²) >= 11 is 7.20. The number of nitrogens with two attached hydrogens (primary N) is 1. The van der Waals surface area contributed by atoms with E-state index >= 15 is 0 Å². The van der Waals surface area contributed by atoms with Crippen LogP contribution >= 0.6 is 22.9 Å². The van der Waals surface area contributed by atoms with E-state index in [0.717, 1.165) is 10.4 Å². The summed E-state index contributed by atoms with van der Waals surface area (Å²) < 4.78 is 0. The number of benzene rings is 1. The van der Waals surface area contributed by atoms with Crippen LogP contribution < -0.4 is 11.1 Å². The van der Waals surface area contributed by atoms with E-state index in [1.54, 1.807) is 30.5 Å². The molecule has 0 bridgehead atoms. The molecule has 0 aliphatic heterocycles. The summed E-state index contributed by atoms with van der Waals surface area (Å²) in [6.45, 7) is 0.448. The monoisotopic (exact) mass is 344 g/mol. The molecule has 0 aliphatic carbocycles. The lowest BCUT2D eigenvalue weighted by Crippen LogP contribution is -2.21. The summed E-state index contributed by atoms with van der Waals surface area (Å²) in [5.41, 5.74) is 7.28. The van der Waals surface area contributed by atoms with E-state index in [1.807, 2.05) is 18.2 Å². The number of rotatable bonds is 4. The molecule has 0 spiro atoms. The first-order valence-electron chi connectivity index (χ1n) is 6.83. The van der Waals surface area contributed by atoms with Crippen molar-refractivity contribution in [2.75, 3.05) is 5.73 Å². The molecule has 2 aromatic heterocycles. The third-order valence-corrected chi connectivity index (χ3v) is 4.48. The van der Waals surface area contributed by atoms with Gasteiger partial charge in [0.15, 0.2) is 0 Å². The Kier molecular flexibility index (Phi) is 4.55. The smallest absolute Gasteiger partial charge is 0.261 e.